The zero-order valence-electron chi connectivity index (χ0n) is 12.1. The minimum Gasteiger partial charge on any atom is -0.378 e. The summed E-state index contributed by atoms with van der Waals surface area (Å²) >= 11 is 0. The maximum Gasteiger partial charge on any atom is 0.150 e. The van der Waals surface area contributed by atoms with Gasteiger partial charge in [0.1, 0.15) is 0 Å². The Morgan fingerprint density at radius 2 is 2.11 bits per heavy atom. The van der Waals surface area contributed by atoms with E-state index in [4.69, 9.17) is 4.74 Å². The van der Waals surface area contributed by atoms with Crippen molar-refractivity contribution in [3.8, 4) is 0 Å². The van der Waals surface area contributed by atoms with E-state index in [1.54, 1.807) is 0 Å². The van der Waals surface area contributed by atoms with Crippen molar-refractivity contribution in [2.45, 2.75) is 51.7 Å². The van der Waals surface area contributed by atoms with Gasteiger partial charge >= 0.3 is 0 Å². The van der Waals surface area contributed by atoms with Crippen LogP contribution >= 0.6 is 0 Å². The molecule has 2 heterocycles. The van der Waals surface area contributed by atoms with Crippen LogP contribution in [0, 0.1) is 11.8 Å². The van der Waals surface area contributed by atoms with E-state index in [-0.39, 0.29) is 0 Å². The lowest BCUT2D eigenvalue weighted by molar-refractivity contribution is 0.0803. The molecular formula is C14H27NO3S. The van der Waals surface area contributed by atoms with Crippen molar-refractivity contribution in [1.29, 1.82) is 0 Å². The molecule has 5 heteroatoms. The smallest absolute Gasteiger partial charge is 0.150 e. The second-order valence-electron chi connectivity index (χ2n) is 6.36. The largest absolute Gasteiger partial charge is 0.378 e. The average Bonchev–Trinajstić information content (AvgIpc) is 2.93. The molecular weight excluding hydrogens is 262 g/mol. The Morgan fingerprint density at radius 3 is 2.63 bits per heavy atom. The monoisotopic (exact) mass is 289 g/mol. The summed E-state index contributed by atoms with van der Waals surface area (Å²) in [6.45, 7) is 6.05. The Bertz CT molecular complexity index is 374. The zero-order chi connectivity index (χ0) is 13.9. The molecule has 0 aromatic carbocycles. The molecule has 2 fully saturated rings. The number of nitrogens with one attached hydrogen (secondary N) is 1. The molecule has 3 unspecified atom stereocenters. The number of rotatable bonds is 6. The molecule has 0 saturated carbocycles. The van der Waals surface area contributed by atoms with Crippen LogP contribution in [0.3, 0.4) is 0 Å². The Labute approximate surface area is 117 Å². The molecule has 0 bridgehead atoms. The summed E-state index contributed by atoms with van der Waals surface area (Å²) in [5.41, 5.74) is 0. The summed E-state index contributed by atoms with van der Waals surface area (Å²) in [5.74, 6) is 1.51. The number of hydrogen-bond donors (Lipinski definition) is 1. The third kappa shape index (κ3) is 4.72. The summed E-state index contributed by atoms with van der Waals surface area (Å²) in [6, 6.07) is 0.449. The van der Waals surface area contributed by atoms with Gasteiger partial charge < -0.3 is 10.1 Å². The van der Waals surface area contributed by atoms with E-state index in [1.165, 1.54) is 0 Å². The van der Waals surface area contributed by atoms with Gasteiger partial charge in [-0.1, -0.05) is 13.8 Å². The summed E-state index contributed by atoms with van der Waals surface area (Å²) in [7, 11) is -2.78. The molecule has 1 N–H and O–H groups in total. The second kappa shape index (κ2) is 6.55. The molecule has 19 heavy (non-hydrogen) atoms. The maximum atomic E-state index is 11.7. The molecule has 0 radical (unpaired) electrons. The fourth-order valence-electron chi connectivity index (χ4n) is 3.19. The van der Waals surface area contributed by atoms with Gasteiger partial charge in [0, 0.05) is 12.6 Å². The van der Waals surface area contributed by atoms with E-state index in [1.807, 2.05) is 0 Å². The van der Waals surface area contributed by atoms with E-state index in [2.05, 4.69) is 19.2 Å². The average molecular weight is 289 g/mol. The highest BCUT2D eigenvalue weighted by Crippen LogP contribution is 2.31. The second-order valence-corrected chi connectivity index (χ2v) is 8.59. The Morgan fingerprint density at radius 1 is 1.32 bits per heavy atom. The highest BCUT2D eigenvalue weighted by atomic mass is 32.2. The third-order valence-corrected chi connectivity index (χ3v) is 6.11. The SMILES string of the molecule is CC(C)NCC(CC1CCCO1)C1CCS(=O)(=O)C1. The first kappa shape index (κ1) is 15.3. The summed E-state index contributed by atoms with van der Waals surface area (Å²) < 4.78 is 29.1. The summed E-state index contributed by atoms with van der Waals surface area (Å²) in [5, 5.41) is 3.47. The van der Waals surface area contributed by atoms with E-state index in [0.29, 0.717) is 35.5 Å². The lowest BCUT2D eigenvalue weighted by Gasteiger charge is -2.26. The van der Waals surface area contributed by atoms with Crippen LogP contribution in [0.1, 0.15) is 39.5 Å². The highest BCUT2D eigenvalue weighted by Gasteiger charge is 2.35. The summed E-state index contributed by atoms with van der Waals surface area (Å²) in [4.78, 5) is 0. The van der Waals surface area contributed by atoms with Gasteiger partial charge in [-0.3, -0.25) is 0 Å². The highest BCUT2D eigenvalue weighted by molar-refractivity contribution is 7.91. The fourth-order valence-corrected chi connectivity index (χ4v) is 5.11. The minimum absolute atomic E-state index is 0.320. The van der Waals surface area contributed by atoms with Crippen molar-refractivity contribution < 1.29 is 13.2 Å². The van der Waals surface area contributed by atoms with Crippen LogP contribution in [0.2, 0.25) is 0 Å². The predicted octanol–water partition coefficient (Wildman–Crippen LogP) is 1.60. The van der Waals surface area contributed by atoms with E-state index < -0.39 is 9.84 Å². The van der Waals surface area contributed by atoms with Gasteiger partial charge in [-0.2, -0.15) is 0 Å². The normalized spacial score (nSPS) is 31.9. The van der Waals surface area contributed by atoms with E-state index in [0.717, 1.165) is 38.8 Å². The molecule has 112 valence electrons. The standard InChI is InChI=1S/C14H27NO3S/c1-11(2)15-9-13(8-14-4-3-6-18-14)12-5-7-19(16,17)10-12/h11-15H,3-10H2,1-2H3. The van der Waals surface area contributed by atoms with Gasteiger partial charge in [-0.15, -0.1) is 0 Å². The topological polar surface area (TPSA) is 55.4 Å². The molecule has 2 rings (SSSR count). The first-order valence-electron chi connectivity index (χ1n) is 7.51. The van der Waals surface area contributed by atoms with Crippen LogP contribution in [0.4, 0.5) is 0 Å². The van der Waals surface area contributed by atoms with E-state index >= 15 is 0 Å². The third-order valence-electron chi connectivity index (χ3n) is 4.31. The molecule has 2 aliphatic heterocycles. The molecule has 0 aliphatic carbocycles. The van der Waals surface area contributed by atoms with Gasteiger partial charge in [0.25, 0.3) is 0 Å². The van der Waals surface area contributed by atoms with Gasteiger partial charge in [0.05, 0.1) is 17.6 Å². The zero-order valence-corrected chi connectivity index (χ0v) is 12.9. The first-order valence-corrected chi connectivity index (χ1v) is 9.34. The molecule has 0 aromatic rings. The Balaban J connectivity index is 1.92. The Hall–Kier alpha value is -0.130. The molecule has 0 amide bonds. The van der Waals surface area contributed by atoms with Crippen LogP contribution in [-0.4, -0.2) is 45.2 Å². The van der Waals surface area contributed by atoms with Crippen molar-refractivity contribution in [3.05, 3.63) is 0 Å². The van der Waals surface area contributed by atoms with Crippen LogP contribution in [0.15, 0.2) is 0 Å². The Kier molecular flexibility index (Phi) is 5.26. The number of sulfone groups is 1. The van der Waals surface area contributed by atoms with Crippen molar-refractivity contribution in [1.82, 2.24) is 5.32 Å². The van der Waals surface area contributed by atoms with Crippen molar-refractivity contribution >= 4 is 9.84 Å². The van der Waals surface area contributed by atoms with Gasteiger partial charge in [-0.25, -0.2) is 8.42 Å². The van der Waals surface area contributed by atoms with Crippen LogP contribution < -0.4 is 5.32 Å². The lowest BCUT2D eigenvalue weighted by Crippen LogP contribution is -2.35. The number of hydrogen-bond acceptors (Lipinski definition) is 4. The lowest BCUT2D eigenvalue weighted by atomic mass is 9.86. The molecule has 0 aromatic heterocycles. The predicted molar refractivity (Wildman–Crippen MR) is 77.0 cm³/mol. The van der Waals surface area contributed by atoms with Crippen molar-refractivity contribution in [2.75, 3.05) is 24.7 Å². The van der Waals surface area contributed by atoms with Crippen molar-refractivity contribution in [2.24, 2.45) is 11.8 Å². The quantitative estimate of drug-likeness (QED) is 0.807. The molecule has 2 aliphatic rings. The minimum atomic E-state index is -2.78. The van der Waals surface area contributed by atoms with Gasteiger partial charge in [0.15, 0.2) is 9.84 Å². The van der Waals surface area contributed by atoms with Crippen LogP contribution in [0.25, 0.3) is 0 Å². The maximum absolute atomic E-state index is 11.7. The van der Waals surface area contributed by atoms with Crippen LogP contribution in [-0.2, 0) is 14.6 Å². The van der Waals surface area contributed by atoms with Crippen molar-refractivity contribution in [3.63, 3.8) is 0 Å². The fraction of sp³-hybridized carbons (Fsp3) is 1.00. The first-order chi connectivity index (χ1) is 8.96. The van der Waals surface area contributed by atoms with Crippen LogP contribution in [0.5, 0.6) is 0 Å². The van der Waals surface area contributed by atoms with Gasteiger partial charge in [0.2, 0.25) is 0 Å². The molecule has 3 atom stereocenters. The van der Waals surface area contributed by atoms with E-state index in [9.17, 15) is 8.42 Å². The van der Waals surface area contributed by atoms with Gasteiger partial charge in [-0.05, 0) is 44.1 Å². The number of ether oxygens (including phenoxy) is 1. The summed E-state index contributed by atoms with van der Waals surface area (Å²) in [6.07, 6.45) is 4.48. The molecule has 0 spiro atoms. The molecule has 2 saturated heterocycles. The molecule has 4 nitrogen and oxygen atoms in total.